The molecule has 118 valence electrons. The van der Waals surface area contributed by atoms with Crippen LogP contribution in [0.1, 0.15) is 31.1 Å². The van der Waals surface area contributed by atoms with Crippen molar-refractivity contribution in [3.8, 4) is 0 Å². The standard InChI is InChI=1S/C15H18Cl2N4O/c1-3-18-15(19-9-12-6-7-22-21-12)20-10(2)13-5-4-11(16)8-14(13)17/h4-8,10H,3,9H2,1-2H3,(H2,18,19,20). The average molecular weight is 341 g/mol. The highest BCUT2D eigenvalue weighted by Gasteiger charge is 2.11. The molecule has 2 rings (SSSR count). The number of aliphatic imine (C=N–C) groups is 1. The zero-order valence-electron chi connectivity index (χ0n) is 12.4. The van der Waals surface area contributed by atoms with Gasteiger partial charge >= 0.3 is 0 Å². The smallest absolute Gasteiger partial charge is 0.192 e. The molecular formula is C15H18Cl2N4O. The predicted molar refractivity (Wildman–Crippen MR) is 89.3 cm³/mol. The minimum atomic E-state index is -0.0140. The SMILES string of the molecule is CCNC(=NCc1ccon1)NC(C)c1ccc(Cl)cc1Cl. The lowest BCUT2D eigenvalue weighted by atomic mass is 10.1. The molecule has 5 nitrogen and oxygen atoms in total. The molecule has 0 bridgehead atoms. The molecule has 0 spiro atoms. The van der Waals surface area contributed by atoms with Crippen molar-refractivity contribution in [1.29, 1.82) is 0 Å². The number of halogens is 2. The summed E-state index contributed by atoms with van der Waals surface area (Å²) in [6, 6.07) is 7.23. The monoisotopic (exact) mass is 340 g/mol. The number of aromatic nitrogens is 1. The first-order valence-electron chi connectivity index (χ1n) is 6.99. The van der Waals surface area contributed by atoms with E-state index in [1.807, 2.05) is 26.0 Å². The van der Waals surface area contributed by atoms with Gasteiger partial charge in [0.25, 0.3) is 0 Å². The highest BCUT2D eigenvalue weighted by atomic mass is 35.5. The van der Waals surface area contributed by atoms with Gasteiger partial charge in [0, 0.05) is 22.7 Å². The van der Waals surface area contributed by atoms with Crippen molar-refractivity contribution in [2.45, 2.75) is 26.4 Å². The lowest BCUT2D eigenvalue weighted by molar-refractivity contribution is 0.412. The van der Waals surface area contributed by atoms with Crippen molar-refractivity contribution in [2.75, 3.05) is 6.54 Å². The van der Waals surface area contributed by atoms with Crippen molar-refractivity contribution >= 4 is 29.2 Å². The van der Waals surface area contributed by atoms with E-state index < -0.39 is 0 Å². The lowest BCUT2D eigenvalue weighted by Crippen LogP contribution is -2.38. The summed E-state index contributed by atoms with van der Waals surface area (Å²) in [5.41, 5.74) is 1.73. The van der Waals surface area contributed by atoms with E-state index in [1.165, 1.54) is 6.26 Å². The average Bonchev–Trinajstić information content (AvgIpc) is 2.98. The summed E-state index contributed by atoms with van der Waals surface area (Å²) in [7, 11) is 0. The first-order valence-corrected chi connectivity index (χ1v) is 7.74. The molecule has 1 atom stereocenters. The van der Waals surface area contributed by atoms with Gasteiger partial charge in [0.1, 0.15) is 12.0 Å². The molecule has 0 saturated heterocycles. The molecule has 1 unspecified atom stereocenters. The molecule has 1 aromatic heterocycles. The number of benzene rings is 1. The second-order valence-electron chi connectivity index (χ2n) is 4.72. The zero-order chi connectivity index (χ0) is 15.9. The highest BCUT2D eigenvalue weighted by Crippen LogP contribution is 2.25. The predicted octanol–water partition coefficient (Wildman–Crippen LogP) is 3.80. The Morgan fingerprint density at radius 2 is 2.18 bits per heavy atom. The van der Waals surface area contributed by atoms with Gasteiger partial charge in [0.2, 0.25) is 0 Å². The molecule has 22 heavy (non-hydrogen) atoms. The number of rotatable bonds is 5. The van der Waals surface area contributed by atoms with E-state index in [0.717, 1.165) is 17.8 Å². The van der Waals surface area contributed by atoms with Crippen LogP contribution in [0, 0.1) is 0 Å². The summed E-state index contributed by atoms with van der Waals surface area (Å²) in [5.74, 6) is 0.684. The fourth-order valence-corrected chi connectivity index (χ4v) is 2.51. The Morgan fingerprint density at radius 3 is 2.82 bits per heavy atom. The molecule has 2 aromatic rings. The summed E-state index contributed by atoms with van der Waals surface area (Å²) in [5, 5.41) is 11.6. The Hall–Kier alpha value is -1.72. The number of nitrogens with zero attached hydrogens (tertiary/aromatic N) is 2. The molecule has 0 amide bonds. The van der Waals surface area contributed by atoms with E-state index in [4.69, 9.17) is 27.7 Å². The number of hydrogen-bond donors (Lipinski definition) is 2. The van der Waals surface area contributed by atoms with Crippen LogP contribution in [0.5, 0.6) is 0 Å². The molecule has 0 fully saturated rings. The maximum atomic E-state index is 6.24. The molecule has 2 N–H and O–H groups in total. The van der Waals surface area contributed by atoms with E-state index in [1.54, 1.807) is 12.1 Å². The van der Waals surface area contributed by atoms with Crippen LogP contribution < -0.4 is 10.6 Å². The number of nitrogens with one attached hydrogen (secondary N) is 2. The van der Waals surface area contributed by atoms with Crippen molar-refractivity contribution in [2.24, 2.45) is 4.99 Å². The maximum Gasteiger partial charge on any atom is 0.192 e. The van der Waals surface area contributed by atoms with E-state index in [2.05, 4.69) is 20.8 Å². The minimum Gasteiger partial charge on any atom is -0.364 e. The van der Waals surface area contributed by atoms with Gasteiger partial charge in [-0.25, -0.2) is 4.99 Å². The Kier molecular flexibility index (Phi) is 6.10. The molecular weight excluding hydrogens is 323 g/mol. The largest absolute Gasteiger partial charge is 0.364 e. The molecule has 7 heteroatoms. The van der Waals surface area contributed by atoms with Crippen molar-refractivity contribution in [3.63, 3.8) is 0 Å². The third-order valence-corrected chi connectivity index (χ3v) is 3.58. The van der Waals surface area contributed by atoms with Gasteiger partial charge in [0.15, 0.2) is 5.96 Å². The molecule has 0 aliphatic rings. The molecule has 0 aliphatic heterocycles. The van der Waals surface area contributed by atoms with Crippen LogP contribution in [0.4, 0.5) is 0 Å². The third-order valence-electron chi connectivity index (χ3n) is 3.02. The quantitative estimate of drug-likeness (QED) is 0.641. The van der Waals surface area contributed by atoms with Crippen molar-refractivity contribution in [1.82, 2.24) is 15.8 Å². The summed E-state index contributed by atoms with van der Waals surface area (Å²) in [6.45, 7) is 5.21. The second-order valence-corrected chi connectivity index (χ2v) is 5.56. The normalized spacial score (nSPS) is 13.0. The number of guanidine groups is 1. The van der Waals surface area contributed by atoms with Gasteiger partial charge in [-0.2, -0.15) is 0 Å². The van der Waals surface area contributed by atoms with Crippen LogP contribution in [0.2, 0.25) is 10.0 Å². The molecule has 0 radical (unpaired) electrons. The highest BCUT2D eigenvalue weighted by molar-refractivity contribution is 6.35. The zero-order valence-corrected chi connectivity index (χ0v) is 13.9. The van der Waals surface area contributed by atoms with Crippen LogP contribution in [0.3, 0.4) is 0 Å². The van der Waals surface area contributed by atoms with Crippen LogP contribution in [-0.2, 0) is 6.54 Å². The van der Waals surface area contributed by atoms with E-state index in [9.17, 15) is 0 Å². The van der Waals surface area contributed by atoms with Crippen molar-refractivity contribution < 1.29 is 4.52 Å². The Balaban J connectivity index is 2.07. The number of hydrogen-bond acceptors (Lipinski definition) is 3. The summed E-state index contributed by atoms with van der Waals surface area (Å²) >= 11 is 12.2. The van der Waals surface area contributed by atoms with Crippen LogP contribution in [0.15, 0.2) is 40.0 Å². The Labute approximate surface area is 139 Å². The topological polar surface area (TPSA) is 62.5 Å². The fraction of sp³-hybridized carbons (Fsp3) is 0.333. The molecule has 0 saturated carbocycles. The van der Waals surface area contributed by atoms with Gasteiger partial charge in [0.05, 0.1) is 12.6 Å². The first kappa shape index (κ1) is 16.6. The van der Waals surface area contributed by atoms with Gasteiger partial charge in [-0.3, -0.25) is 0 Å². The van der Waals surface area contributed by atoms with Crippen molar-refractivity contribution in [3.05, 3.63) is 51.8 Å². The Bertz CT molecular complexity index is 628. The molecule has 1 heterocycles. The molecule has 0 aliphatic carbocycles. The summed E-state index contributed by atoms with van der Waals surface area (Å²) in [4.78, 5) is 4.47. The van der Waals surface area contributed by atoms with Gasteiger partial charge in [-0.15, -0.1) is 0 Å². The van der Waals surface area contributed by atoms with Gasteiger partial charge < -0.3 is 15.2 Å². The fourth-order valence-electron chi connectivity index (χ4n) is 1.93. The van der Waals surface area contributed by atoms with Crippen LogP contribution in [-0.4, -0.2) is 17.7 Å². The second kappa shape index (κ2) is 8.06. The minimum absolute atomic E-state index is 0.0140. The van der Waals surface area contributed by atoms with E-state index in [0.29, 0.717) is 22.5 Å². The summed E-state index contributed by atoms with van der Waals surface area (Å²) < 4.78 is 4.79. The van der Waals surface area contributed by atoms with E-state index >= 15 is 0 Å². The van der Waals surface area contributed by atoms with Gasteiger partial charge in [-0.05, 0) is 31.5 Å². The molecule has 1 aromatic carbocycles. The van der Waals surface area contributed by atoms with Gasteiger partial charge in [-0.1, -0.05) is 34.4 Å². The van der Waals surface area contributed by atoms with Crippen LogP contribution >= 0.6 is 23.2 Å². The lowest BCUT2D eigenvalue weighted by Gasteiger charge is -2.19. The van der Waals surface area contributed by atoms with E-state index in [-0.39, 0.29) is 6.04 Å². The first-order chi connectivity index (χ1) is 10.6. The Morgan fingerprint density at radius 1 is 1.36 bits per heavy atom. The van der Waals surface area contributed by atoms with Crippen LogP contribution in [0.25, 0.3) is 0 Å². The summed E-state index contributed by atoms with van der Waals surface area (Å²) in [6.07, 6.45) is 1.53. The third kappa shape index (κ3) is 4.64. The maximum absolute atomic E-state index is 6.24.